The fraction of sp³-hybridized carbons (Fsp3) is 0.364. The van der Waals surface area contributed by atoms with Crippen molar-refractivity contribution in [3.8, 4) is 5.75 Å². The average Bonchev–Trinajstić information content (AvgIpc) is 2.74. The van der Waals surface area contributed by atoms with Crippen molar-refractivity contribution in [1.29, 1.82) is 0 Å². The predicted molar refractivity (Wildman–Crippen MR) is 122 cm³/mol. The van der Waals surface area contributed by atoms with Crippen LogP contribution in [0.25, 0.3) is 0 Å². The molecule has 2 aromatic carbocycles. The quantitative estimate of drug-likeness (QED) is 0.668. The Hall–Kier alpha value is -2.18. The summed E-state index contributed by atoms with van der Waals surface area (Å²) in [7, 11) is 1.58. The molecule has 0 unspecified atom stereocenters. The Morgan fingerprint density at radius 2 is 2.03 bits per heavy atom. The van der Waals surface area contributed by atoms with Crippen LogP contribution in [0.3, 0.4) is 0 Å². The molecule has 5 nitrogen and oxygen atoms in total. The Balaban J connectivity index is 1.49. The van der Waals surface area contributed by atoms with Crippen molar-refractivity contribution in [2.45, 2.75) is 37.8 Å². The summed E-state index contributed by atoms with van der Waals surface area (Å²) < 4.78 is 5.21. The maximum absolute atomic E-state index is 12.6. The molecule has 2 aromatic rings. The second-order valence-corrected chi connectivity index (χ2v) is 8.73. The van der Waals surface area contributed by atoms with E-state index in [1.807, 2.05) is 12.1 Å². The van der Waals surface area contributed by atoms with E-state index in [0.29, 0.717) is 16.5 Å². The van der Waals surface area contributed by atoms with Crippen LogP contribution >= 0.6 is 23.4 Å². The van der Waals surface area contributed by atoms with Gasteiger partial charge in [0.15, 0.2) is 0 Å². The molecular formula is C22H24ClN3O2S. The average molecular weight is 430 g/mol. The maximum Gasteiger partial charge on any atom is 0.234 e. The number of benzene rings is 2. The molecule has 0 aromatic heterocycles. The number of halogens is 1. The Labute approximate surface area is 180 Å². The van der Waals surface area contributed by atoms with Crippen LogP contribution in [0.15, 0.2) is 47.5 Å². The number of ether oxygens (including phenoxy) is 1. The first-order valence-electron chi connectivity index (χ1n) is 9.82. The molecule has 2 N–H and O–H groups in total. The Bertz CT molecular complexity index is 941. The largest absolute Gasteiger partial charge is 0.497 e. The molecule has 1 amide bonds. The molecule has 0 radical (unpaired) electrons. The normalized spacial score (nSPS) is 17.1. The second kappa shape index (κ2) is 8.67. The van der Waals surface area contributed by atoms with Crippen molar-refractivity contribution in [3.05, 3.63) is 53.1 Å². The molecule has 4 rings (SSSR count). The molecule has 0 bridgehead atoms. The van der Waals surface area contributed by atoms with Gasteiger partial charge in [0.1, 0.15) is 16.5 Å². The Morgan fingerprint density at radius 3 is 2.83 bits per heavy atom. The number of para-hydroxylation sites is 1. The van der Waals surface area contributed by atoms with E-state index >= 15 is 0 Å². The summed E-state index contributed by atoms with van der Waals surface area (Å²) in [4.78, 5) is 17.7. The fourth-order valence-electron chi connectivity index (χ4n) is 3.84. The standard InChI is InChI=1S/C22H24ClN3O2S/c1-28-15-9-10-17(23)19(13-15)24-20(27)14-29-21-16-7-3-4-8-18(16)25-22(26-21)11-5-2-6-12-22/h3-4,7-10,13,25H,2,5-6,11-12,14H2,1H3,(H,24,27). The summed E-state index contributed by atoms with van der Waals surface area (Å²) in [6.07, 6.45) is 5.65. The van der Waals surface area contributed by atoms with Crippen molar-refractivity contribution in [3.63, 3.8) is 0 Å². The summed E-state index contributed by atoms with van der Waals surface area (Å²) >= 11 is 7.68. The number of carbonyl (C=O) groups is 1. The van der Waals surface area contributed by atoms with Crippen LogP contribution in [0.1, 0.15) is 37.7 Å². The third-order valence-electron chi connectivity index (χ3n) is 5.31. The number of nitrogens with zero attached hydrogens (tertiary/aromatic N) is 1. The number of amides is 1. The lowest BCUT2D eigenvalue weighted by Gasteiger charge is -2.39. The van der Waals surface area contributed by atoms with E-state index in [1.165, 1.54) is 31.0 Å². The van der Waals surface area contributed by atoms with Crippen molar-refractivity contribution in [2.24, 2.45) is 4.99 Å². The number of carbonyl (C=O) groups excluding carboxylic acids is 1. The van der Waals surface area contributed by atoms with E-state index in [1.54, 1.807) is 25.3 Å². The number of nitrogens with one attached hydrogen (secondary N) is 2. The van der Waals surface area contributed by atoms with Crippen molar-refractivity contribution < 1.29 is 9.53 Å². The van der Waals surface area contributed by atoms with Gasteiger partial charge < -0.3 is 15.4 Å². The zero-order valence-corrected chi connectivity index (χ0v) is 17.9. The lowest BCUT2D eigenvalue weighted by molar-refractivity contribution is -0.113. The Morgan fingerprint density at radius 1 is 1.24 bits per heavy atom. The molecule has 1 aliphatic carbocycles. The van der Waals surface area contributed by atoms with Crippen molar-refractivity contribution >= 4 is 45.7 Å². The molecule has 1 spiro atoms. The van der Waals surface area contributed by atoms with Gasteiger partial charge in [-0.15, -0.1) is 0 Å². The number of hydrogen-bond donors (Lipinski definition) is 2. The van der Waals surface area contributed by atoms with Crippen LogP contribution in [0.4, 0.5) is 11.4 Å². The molecule has 1 saturated carbocycles. The lowest BCUT2D eigenvalue weighted by Crippen LogP contribution is -2.42. The minimum absolute atomic E-state index is 0.124. The number of rotatable bonds is 4. The van der Waals surface area contributed by atoms with Crippen LogP contribution in [0.2, 0.25) is 5.02 Å². The number of methoxy groups -OCH3 is 1. The summed E-state index contributed by atoms with van der Waals surface area (Å²) in [6.45, 7) is 0. The SMILES string of the molecule is COc1ccc(Cl)c(NC(=O)CSC2=NC3(CCCCC3)Nc3ccccc32)c1. The highest BCUT2D eigenvalue weighted by Crippen LogP contribution is 2.39. The van der Waals surface area contributed by atoms with E-state index < -0.39 is 0 Å². The Kier molecular flexibility index (Phi) is 6.01. The van der Waals surface area contributed by atoms with Crippen LogP contribution in [0, 0.1) is 0 Å². The third kappa shape index (κ3) is 4.54. The van der Waals surface area contributed by atoms with E-state index in [0.717, 1.165) is 29.1 Å². The smallest absolute Gasteiger partial charge is 0.234 e. The highest BCUT2D eigenvalue weighted by atomic mass is 35.5. The van der Waals surface area contributed by atoms with Crippen LogP contribution < -0.4 is 15.4 Å². The van der Waals surface area contributed by atoms with Gasteiger partial charge in [-0.25, -0.2) is 4.99 Å². The molecule has 0 atom stereocenters. The first-order chi connectivity index (χ1) is 14.1. The minimum Gasteiger partial charge on any atom is -0.497 e. The predicted octanol–water partition coefficient (Wildman–Crippen LogP) is 5.55. The zero-order chi connectivity index (χ0) is 20.3. The molecule has 7 heteroatoms. The summed E-state index contributed by atoms with van der Waals surface area (Å²) in [6, 6.07) is 13.4. The molecule has 2 aliphatic rings. The maximum atomic E-state index is 12.6. The zero-order valence-electron chi connectivity index (χ0n) is 16.3. The summed E-state index contributed by atoms with van der Waals surface area (Å²) in [5.74, 6) is 0.784. The number of hydrogen-bond acceptors (Lipinski definition) is 5. The summed E-state index contributed by atoms with van der Waals surface area (Å²) in [5.41, 5.74) is 2.47. The topological polar surface area (TPSA) is 62.7 Å². The monoisotopic (exact) mass is 429 g/mol. The molecule has 1 heterocycles. The number of anilines is 2. The summed E-state index contributed by atoms with van der Waals surface area (Å²) in [5, 5.41) is 7.94. The van der Waals surface area contributed by atoms with Crippen LogP contribution in [-0.2, 0) is 4.79 Å². The molecular weight excluding hydrogens is 406 g/mol. The van der Waals surface area contributed by atoms with Gasteiger partial charge in [-0.3, -0.25) is 4.79 Å². The van der Waals surface area contributed by atoms with Crippen LogP contribution in [0.5, 0.6) is 5.75 Å². The van der Waals surface area contributed by atoms with E-state index in [4.69, 9.17) is 21.3 Å². The van der Waals surface area contributed by atoms with E-state index in [-0.39, 0.29) is 17.3 Å². The lowest BCUT2D eigenvalue weighted by atomic mass is 9.88. The first kappa shape index (κ1) is 20.1. The van der Waals surface area contributed by atoms with Gasteiger partial charge >= 0.3 is 0 Å². The minimum atomic E-state index is -0.235. The van der Waals surface area contributed by atoms with Gasteiger partial charge in [-0.1, -0.05) is 48.0 Å². The van der Waals surface area contributed by atoms with Gasteiger partial charge in [0.2, 0.25) is 5.91 Å². The van der Waals surface area contributed by atoms with Crippen molar-refractivity contribution in [1.82, 2.24) is 0 Å². The molecule has 0 saturated heterocycles. The van der Waals surface area contributed by atoms with Gasteiger partial charge in [-0.2, -0.15) is 0 Å². The van der Waals surface area contributed by atoms with E-state index in [2.05, 4.69) is 22.8 Å². The first-order valence-corrected chi connectivity index (χ1v) is 11.2. The fourth-order valence-corrected chi connectivity index (χ4v) is 4.92. The van der Waals surface area contributed by atoms with Gasteiger partial charge in [0.25, 0.3) is 0 Å². The van der Waals surface area contributed by atoms with Gasteiger partial charge in [-0.05, 0) is 43.9 Å². The van der Waals surface area contributed by atoms with Gasteiger partial charge in [0.05, 0.1) is 23.6 Å². The molecule has 152 valence electrons. The number of aliphatic imine (C=N–C) groups is 1. The second-order valence-electron chi connectivity index (χ2n) is 7.36. The molecule has 1 fully saturated rings. The number of thioether (sulfide) groups is 1. The number of fused-ring (bicyclic) bond motifs is 1. The van der Waals surface area contributed by atoms with Gasteiger partial charge in [0, 0.05) is 17.3 Å². The van der Waals surface area contributed by atoms with Crippen LogP contribution in [-0.4, -0.2) is 29.5 Å². The highest BCUT2D eigenvalue weighted by Gasteiger charge is 2.36. The van der Waals surface area contributed by atoms with Crippen molar-refractivity contribution in [2.75, 3.05) is 23.5 Å². The molecule has 1 aliphatic heterocycles. The van der Waals surface area contributed by atoms with E-state index in [9.17, 15) is 4.79 Å². The molecule has 29 heavy (non-hydrogen) atoms. The third-order valence-corrected chi connectivity index (χ3v) is 6.63. The highest BCUT2D eigenvalue weighted by molar-refractivity contribution is 8.15.